The Hall–Kier alpha value is -1.90. The summed E-state index contributed by atoms with van der Waals surface area (Å²) in [5.41, 5.74) is 3.08. The molecule has 170 valence electrons. The average Bonchev–Trinajstić information content (AvgIpc) is 2.78. The van der Waals surface area contributed by atoms with E-state index in [9.17, 15) is 0 Å². The summed E-state index contributed by atoms with van der Waals surface area (Å²) in [5, 5.41) is 5.36. The lowest BCUT2D eigenvalue weighted by atomic mass is 10.1. The monoisotopic (exact) mass is 562 g/mol. The predicted molar refractivity (Wildman–Crippen MR) is 137 cm³/mol. The molecule has 32 heavy (non-hydrogen) atoms. The van der Waals surface area contributed by atoms with Gasteiger partial charge in [-0.25, -0.2) is 9.97 Å². The first-order chi connectivity index (χ1) is 15.6. The summed E-state index contributed by atoms with van der Waals surface area (Å²) in [5.74, 6) is 2.23. The van der Waals surface area contributed by atoms with E-state index in [4.69, 9.17) is 9.47 Å². The van der Waals surface area contributed by atoms with Crippen molar-refractivity contribution in [3.63, 3.8) is 0 Å². The lowest BCUT2D eigenvalue weighted by Crippen LogP contribution is -2.20. The lowest BCUT2D eigenvalue weighted by Gasteiger charge is -2.20. The number of hydrogen-bond donors (Lipinski definition) is 1. The number of benzene rings is 2. The number of nitrogens with one attached hydrogen (secondary N) is 1. The van der Waals surface area contributed by atoms with Crippen LogP contribution in [0.25, 0.3) is 10.9 Å². The van der Waals surface area contributed by atoms with E-state index in [1.54, 1.807) is 6.33 Å². The number of nitrogens with zero attached hydrogens (tertiary/aromatic N) is 3. The van der Waals surface area contributed by atoms with Crippen LogP contribution in [0, 0.1) is 0 Å². The molecule has 0 unspecified atom stereocenters. The number of ether oxygens (including phenoxy) is 2. The fourth-order valence-corrected chi connectivity index (χ4v) is 4.36. The minimum absolute atomic E-state index is 0.622. The van der Waals surface area contributed by atoms with Gasteiger partial charge in [-0.3, -0.25) is 0 Å². The van der Waals surface area contributed by atoms with E-state index in [1.807, 2.05) is 12.1 Å². The molecule has 2 heterocycles. The molecule has 1 aliphatic rings. The van der Waals surface area contributed by atoms with Gasteiger partial charge in [0.2, 0.25) is 0 Å². The van der Waals surface area contributed by atoms with Crippen molar-refractivity contribution in [3.05, 3.63) is 46.7 Å². The van der Waals surface area contributed by atoms with Gasteiger partial charge in [0, 0.05) is 33.5 Å². The van der Waals surface area contributed by atoms with Gasteiger partial charge < -0.3 is 19.7 Å². The molecule has 0 saturated heterocycles. The van der Waals surface area contributed by atoms with Crippen LogP contribution in [0.15, 0.2) is 41.1 Å². The third kappa shape index (κ3) is 5.91. The SMILES string of the molecule is CN1CCCCCOc2cc3c(ncnc3cc2OCCCBr)Nc2cc(Br)ccc2C1. The molecular formula is C24H28Br2N4O2. The van der Waals surface area contributed by atoms with Gasteiger partial charge in [0.05, 0.1) is 18.7 Å². The summed E-state index contributed by atoms with van der Waals surface area (Å²) in [6.07, 6.45) is 5.78. The van der Waals surface area contributed by atoms with E-state index >= 15 is 0 Å². The Morgan fingerprint density at radius 3 is 2.94 bits per heavy atom. The summed E-state index contributed by atoms with van der Waals surface area (Å²) in [6, 6.07) is 10.3. The third-order valence-electron chi connectivity index (χ3n) is 5.44. The molecule has 1 aromatic heterocycles. The first-order valence-electron chi connectivity index (χ1n) is 11.0. The number of rotatable bonds is 4. The number of hydrogen-bond acceptors (Lipinski definition) is 6. The maximum atomic E-state index is 6.18. The molecule has 8 heteroatoms. The fraction of sp³-hybridized carbons (Fsp3) is 0.417. The van der Waals surface area contributed by atoms with Crippen LogP contribution in [-0.2, 0) is 6.54 Å². The number of halogens is 2. The van der Waals surface area contributed by atoms with Gasteiger partial charge in [0.15, 0.2) is 11.5 Å². The van der Waals surface area contributed by atoms with Crippen LogP contribution < -0.4 is 14.8 Å². The molecule has 0 aliphatic carbocycles. The van der Waals surface area contributed by atoms with Crippen LogP contribution in [0.2, 0.25) is 0 Å². The van der Waals surface area contributed by atoms with Crippen LogP contribution in [0.3, 0.4) is 0 Å². The number of alkyl halides is 1. The molecule has 6 nitrogen and oxygen atoms in total. The minimum atomic E-state index is 0.622. The molecule has 0 radical (unpaired) electrons. The number of aromatic nitrogens is 2. The first-order valence-corrected chi connectivity index (χ1v) is 12.9. The standard InChI is InChI=1S/C24H28Br2N4O2/c1-30-9-3-2-4-10-31-22-13-19-21(14-23(22)32-11-5-8-25)27-16-28-24(19)29-20-12-18(26)7-6-17(20)15-30/h6-7,12-14,16H,2-5,8-11,15H2,1H3,(H,27,28,29). The Bertz CT molecular complexity index is 1060. The quantitative estimate of drug-likeness (QED) is 0.297. The summed E-state index contributed by atoms with van der Waals surface area (Å²) >= 11 is 7.07. The van der Waals surface area contributed by atoms with E-state index in [0.717, 1.165) is 82.5 Å². The minimum Gasteiger partial charge on any atom is -0.490 e. The largest absolute Gasteiger partial charge is 0.490 e. The highest BCUT2D eigenvalue weighted by molar-refractivity contribution is 9.10. The second kappa shape index (κ2) is 11.3. The second-order valence-corrected chi connectivity index (χ2v) is 9.71. The van der Waals surface area contributed by atoms with E-state index < -0.39 is 0 Å². The molecule has 0 saturated carbocycles. The molecular weight excluding hydrogens is 536 g/mol. The molecule has 4 rings (SSSR count). The van der Waals surface area contributed by atoms with Gasteiger partial charge in [0.1, 0.15) is 12.1 Å². The van der Waals surface area contributed by atoms with Crippen LogP contribution in [0.4, 0.5) is 11.5 Å². The molecule has 2 aromatic carbocycles. The van der Waals surface area contributed by atoms with Crippen LogP contribution in [0.5, 0.6) is 11.5 Å². The Morgan fingerprint density at radius 1 is 1.16 bits per heavy atom. The molecule has 0 spiro atoms. The zero-order valence-corrected chi connectivity index (χ0v) is 21.4. The van der Waals surface area contributed by atoms with Crippen molar-refractivity contribution in [1.29, 1.82) is 0 Å². The molecule has 0 amide bonds. The molecule has 3 aromatic rings. The van der Waals surface area contributed by atoms with Gasteiger partial charge in [-0.1, -0.05) is 37.9 Å². The summed E-state index contributed by atoms with van der Waals surface area (Å²) in [7, 11) is 2.17. The van der Waals surface area contributed by atoms with Gasteiger partial charge in [-0.15, -0.1) is 0 Å². The smallest absolute Gasteiger partial charge is 0.163 e. The van der Waals surface area contributed by atoms with Crippen LogP contribution in [0.1, 0.15) is 31.2 Å². The average molecular weight is 564 g/mol. The predicted octanol–water partition coefficient (Wildman–Crippen LogP) is 6.29. The summed E-state index contributed by atoms with van der Waals surface area (Å²) in [6.45, 7) is 3.19. The summed E-state index contributed by atoms with van der Waals surface area (Å²) in [4.78, 5) is 11.4. The van der Waals surface area contributed by atoms with Crippen molar-refractivity contribution in [3.8, 4) is 11.5 Å². The Kier molecular flexibility index (Phi) is 8.21. The highest BCUT2D eigenvalue weighted by atomic mass is 79.9. The van der Waals surface area contributed by atoms with Crippen molar-refractivity contribution in [1.82, 2.24) is 14.9 Å². The van der Waals surface area contributed by atoms with E-state index in [0.29, 0.717) is 13.2 Å². The number of anilines is 2. The van der Waals surface area contributed by atoms with E-state index in [-0.39, 0.29) is 0 Å². The van der Waals surface area contributed by atoms with Crippen LogP contribution in [-0.4, -0.2) is 47.0 Å². The fourth-order valence-electron chi connectivity index (χ4n) is 3.77. The van der Waals surface area contributed by atoms with E-state index in [2.05, 4.69) is 77.3 Å². The Balaban J connectivity index is 1.76. The Morgan fingerprint density at radius 2 is 2.06 bits per heavy atom. The van der Waals surface area contributed by atoms with E-state index in [1.165, 1.54) is 5.56 Å². The van der Waals surface area contributed by atoms with Crippen molar-refractivity contribution in [2.75, 3.05) is 37.5 Å². The van der Waals surface area contributed by atoms with Gasteiger partial charge in [-0.2, -0.15) is 0 Å². The van der Waals surface area contributed by atoms with Crippen molar-refractivity contribution in [2.24, 2.45) is 0 Å². The lowest BCUT2D eigenvalue weighted by molar-refractivity contribution is 0.260. The van der Waals surface area contributed by atoms with Crippen molar-refractivity contribution < 1.29 is 9.47 Å². The number of fused-ring (bicyclic) bond motifs is 2. The van der Waals surface area contributed by atoms with Gasteiger partial charge in [-0.05, 0) is 63.0 Å². The highest BCUT2D eigenvalue weighted by Crippen LogP contribution is 2.36. The maximum Gasteiger partial charge on any atom is 0.163 e. The molecule has 1 N–H and O–H groups in total. The molecule has 2 bridgehead atoms. The maximum absolute atomic E-state index is 6.18. The van der Waals surface area contributed by atoms with Gasteiger partial charge in [0.25, 0.3) is 0 Å². The van der Waals surface area contributed by atoms with Crippen molar-refractivity contribution in [2.45, 2.75) is 32.2 Å². The van der Waals surface area contributed by atoms with Gasteiger partial charge >= 0.3 is 0 Å². The normalized spacial score (nSPS) is 15.3. The Labute approximate surface area is 206 Å². The highest BCUT2D eigenvalue weighted by Gasteiger charge is 2.15. The molecule has 0 fully saturated rings. The zero-order chi connectivity index (χ0) is 22.3. The zero-order valence-electron chi connectivity index (χ0n) is 18.2. The summed E-state index contributed by atoms with van der Waals surface area (Å²) < 4.78 is 13.2. The second-order valence-electron chi connectivity index (χ2n) is 8.00. The van der Waals surface area contributed by atoms with Crippen molar-refractivity contribution >= 4 is 54.3 Å². The molecule has 1 aliphatic heterocycles. The third-order valence-corrected chi connectivity index (χ3v) is 6.50. The topological polar surface area (TPSA) is 59.5 Å². The first kappa shape index (κ1) is 23.3. The van der Waals surface area contributed by atoms with Crippen LogP contribution >= 0.6 is 31.9 Å². The molecule has 0 atom stereocenters.